The molecule has 2 amide bonds. The lowest BCUT2D eigenvalue weighted by molar-refractivity contribution is -0.141. The molecule has 104 valence electrons. The summed E-state index contributed by atoms with van der Waals surface area (Å²) in [5, 5.41) is 22.7. The van der Waals surface area contributed by atoms with Crippen LogP contribution in [0.5, 0.6) is 0 Å². The molecule has 0 heterocycles. The van der Waals surface area contributed by atoms with E-state index in [1.54, 1.807) is 0 Å². The summed E-state index contributed by atoms with van der Waals surface area (Å²) in [4.78, 5) is 22.3. The molecule has 0 radical (unpaired) electrons. The average molecular weight is 331 g/mol. The van der Waals surface area contributed by atoms with E-state index in [-0.39, 0.29) is 6.54 Å². The summed E-state index contributed by atoms with van der Waals surface area (Å²) < 4.78 is 0.889. The van der Waals surface area contributed by atoms with E-state index in [9.17, 15) is 14.7 Å². The quantitative estimate of drug-likeness (QED) is 0.649. The molecule has 19 heavy (non-hydrogen) atoms. The molecule has 6 nitrogen and oxygen atoms in total. The average Bonchev–Trinajstić information content (AvgIpc) is 2.32. The van der Waals surface area contributed by atoms with Gasteiger partial charge in [-0.15, -0.1) is 0 Å². The van der Waals surface area contributed by atoms with E-state index in [0.29, 0.717) is 0 Å². The minimum atomic E-state index is -1.33. The lowest BCUT2D eigenvalue weighted by Crippen LogP contribution is -2.50. The van der Waals surface area contributed by atoms with Crippen molar-refractivity contribution in [1.29, 1.82) is 0 Å². The van der Waals surface area contributed by atoms with Gasteiger partial charge in [0.2, 0.25) is 0 Å². The summed E-state index contributed by atoms with van der Waals surface area (Å²) in [6.45, 7) is 1.56. The predicted octanol–water partition coefficient (Wildman–Crippen LogP) is 1.08. The maximum absolute atomic E-state index is 11.5. The molecule has 1 rings (SSSR count). The largest absolute Gasteiger partial charge is 0.480 e. The van der Waals surface area contributed by atoms with E-state index >= 15 is 0 Å². The Bertz CT molecular complexity index is 465. The highest BCUT2D eigenvalue weighted by atomic mass is 79.9. The van der Waals surface area contributed by atoms with Crippen LogP contribution in [0.2, 0.25) is 0 Å². The van der Waals surface area contributed by atoms with Gasteiger partial charge in [-0.1, -0.05) is 28.1 Å². The Balaban J connectivity index is 2.49. The number of rotatable bonds is 5. The van der Waals surface area contributed by atoms with Crippen LogP contribution < -0.4 is 10.6 Å². The van der Waals surface area contributed by atoms with Crippen molar-refractivity contribution in [3.05, 3.63) is 34.3 Å². The van der Waals surface area contributed by atoms with Crippen molar-refractivity contribution in [3.63, 3.8) is 0 Å². The summed E-state index contributed by atoms with van der Waals surface area (Å²) in [6.07, 6.45) is -1.17. The zero-order chi connectivity index (χ0) is 14.4. The van der Waals surface area contributed by atoms with Gasteiger partial charge in [-0.05, 0) is 24.6 Å². The van der Waals surface area contributed by atoms with Crippen LogP contribution in [0.3, 0.4) is 0 Å². The summed E-state index contributed by atoms with van der Waals surface area (Å²) >= 11 is 3.31. The van der Waals surface area contributed by atoms with Crippen LogP contribution in [0.1, 0.15) is 12.5 Å². The molecule has 1 aromatic rings. The number of urea groups is 1. The number of nitrogens with one attached hydrogen (secondary N) is 2. The fraction of sp³-hybridized carbons (Fsp3) is 0.333. The van der Waals surface area contributed by atoms with Gasteiger partial charge in [-0.2, -0.15) is 0 Å². The minimum absolute atomic E-state index is 0.261. The van der Waals surface area contributed by atoms with E-state index < -0.39 is 24.1 Å². The van der Waals surface area contributed by atoms with E-state index in [1.165, 1.54) is 6.92 Å². The second-order valence-electron chi connectivity index (χ2n) is 4.01. The highest BCUT2D eigenvalue weighted by Gasteiger charge is 2.24. The molecule has 1 aromatic carbocycles. The highest BCUT2D eigenvalue weighted by Crippen LogP contribution is 2.11. The van der Waals surface area contributed by atoms with Gasteiger partial charge in [0.05, 0.1) is 6.10 Å². The Morgan fingerprint density at radius 3 is 2.63 bits per heavy atom. The standard InChI is InChI=1S/C12H15BrN2O4/c1-7(16)10(11(17)18)15-12(19)14-6-8-3-2-4-9(13)5-8/h2-5,7,10,16H,6H2,1H3,(H,17,18)(H2,14,15,19)/t7-,10+/m1/s1. The van der Waals surface area contributed by atoms with Gasteiger partial charge in [0.25, 0.3) is 0 Å². The number of carboxylic acids is 1. The van der Waals surface area contributed by atoms with Crippen LogP contribution in [-0.4, -0.2) is 34.4 Å². The third-order valence-electron chi connectivity index (χ3n) is 2.38. The van der Waals surface area contributed by atoms with Crippen LogP contribution in [0.25, 0.3) is 0 Å². The third kappa shape index (κ3) is 5.27. The molecule has 2 atom stereocenters. The van der Waals surface area contributed by atoms with Crippen molar-refractivity contribution < 1.29 is 19.8 Å². The van der Waals surface area contributed by atoms with Crippen LogP contribution in [0, 0.1) is 0 Å². The summed E-state index contributed by atoms with van der Waals surface area (Å²) in [5.41, 5.74) is 0.869. The normalized spacial score (nSPS) is 13.4. The number of benzene rings is 1. The van der Waals surface area contributed by atoms with Crippen LogP contribution >= 0.6 is 15.9 Å². The molecular formula is C12H15BrN2O4. The number of aliphatic hydroxyl groups excluding tert-OH is 1. The first-order chi connectivity index (χ1) is 8.90. The van der Waals surface area contributed by atoms with Gasteiger partial charge < -0.3 is 20.8 Å². The van der Waals surface area contributed by atoms with Crippen molar-refractivity contribution >= 4 is 27.9 Å². The fourth-order valence-electron chi connectivity index (χ4n) is 1.41. The number of aliphatic carboxylic acids is 1. The number of hydrogen-bond donors (Lipinski definition) is 4. The molecule has 0 aliphatic carbocycles. The highest BCUT2D eigenvalue weighted by molar-refractivity contribution is 9.10. The second-order valence-corrected chi connectivity index (χ2v) is 4.93. The van der Waals surface area contributed by atoms with Crippen molar-refractivity contribution in [2.24, 2.45) is 0 Å². The first-order valence-electron chi connectivity index (χ1n) is 5.60. The lowest BCUT2D eigenvalue weighted by atomic mass is 10.2. The maximum atomic E-state index is 11.5. The van der Waals surface area contributed by atoms with E-state index in [0.717, 1.165) is 10.0 Å². The van der Waals surface area contributed by atoms with Gasteiger partial charge in [0.1, 0.15) is 0 Å². The maximum Gasteiger partial charge on any atom is 0.328 e. The molecule has 0 saturated heterocycles. The number of carbonyl (C=O) groups is 2. The Labute approximate surface area is 118 Å². The number of halogens is 1. The number of hydrogen-bond acceptors (Lipinski definition) is 3. The molecule has 0 saturated carbocycles. The SMILES string of the molecule is C[C@@H](O)[C@H](NC(=O)NCc1cccc(Br)c1)C(=O)O. The molecule has 7 heteroatoms. The topological polar surface area (TPSA) is 98.7 Å². The zero-order valence-corrected chi connectivity index (χ0v) is 11.8. The van der Waals surface area contributed by atoms with Crippen molar-refractivity contribution in [3.8, 4) is 0 Å². The van der Waals surface area contributed by atoms with E-state index in [2.05, 4.69) is 26.6 Å². The number of carbonyl (C=O) groups excluding carboxylic acids is 1. The summed E-state index contributed by atoms with van der Waals surface area (Å²) in [5.74, 6) is -1.28. The molecular weight excluding hydrogens is 316 g/mol. The molecule has 4 N–H and O–H groups in total. The minimum Gasteiger partial charge on any atom is -0.480 e. The first kappa shape index (κ1) is 15.5. The Morgan fingerprint density at radius 1 is 1.42 bits per heavy atom. The van der Waals surface area contributed by atoms with Crippen LogP contribution in [0.15, 0.2) is 28.7 Å². The smallest absolute Gasteiger partial charge is 0.328 e. The lowest BCUT2D eigenvalue weighted by Gasteiger charge is -2.17. The van der Waals surface area contributed by atoms with Crippen molar-refractivity contribution in [2.75, 3.05) is 0 Å². The first-order valence-corrected chi connectivity index (χ1v) is 6.39. The monoisotopic (exact) mass is 330 g/mol. The molecule has 0 aliphatic heterocycles. The van der Waals surface area contributed by atoms with Crippen molar-refractivity contribution in [2.45, 2.75) is 25.6 Å². The Kier molecular flexibility index (Phi) is 5.78. The summed E-state index contributed by atoms with van der Waals surface area (Å²) in [7, 11) is 0. The van der Waals surface area contributed by atoms with Gasteiger partial charge in [0, 0.05) is 11.0 Å². The van der Waals surface area contributed by atoms with Gasteiger partial charge in [0.15, 0.2) is 6.04 Å². The number of carboxylic acid groups (broad SMARTS) is 1. The second kappa shape index (κ2) is 7.10. The van der Waals surface area contributed by atoms with E-state index in [4.69, 9.17) is 5.11 Å². The molecule has 0 bridgehead atoms. The molecule has 0 aromatic heterocycles. The Morgan fingerprint density at radius 2 is 2.11 bits per heavy atom. The van der Waals surface area contributed by atoms with Crippen LogP contribution in [0.4, 0.5) is 4.79 Å². The van der Waals surface area contributed by atoms with Crippen molar-refractivity contribution in [1.82, 2.24) is 10.6 Å². The molecule has 0 aliphatic rings. The fourth-order valence-corrected chi connectivity index (χ4v) is 1.86. The zero-order valence-electron chi connectivity index (χ0n) is 10.3. The molecule has 0 unspecified atom stereocenters. The number of aliphatic hydroxyl groups is 1. The van der Waals surface area contributed by atoms with E-state index in [1.807, 2.05) is 24.3 Å². The van der Waals surface area contributed by atoms with Gasteiger partial charge in [-0.3, -0.25) is 0 Å². The van der Waals surface area contributed by atoms with Gasteiger partial charge in [-0.25, -0.2) is 9.59 Å². The Hall–Kier alpha value is -1.60. The van der Waals surface area contributed by atoms with Crippen LogP contribution in [-0.2, 0) is 11.3 Å². The predicted molar refractivity (Wildman–Crippen MR) is 72.6 cm³/mol. The summed E-state index contributed by atoms with van der Waals surface area (Å²) in [6, 6.07) is 5.38. The third-order valence-corrected chi connectivity index (χ3v) is 2.87. The van der Waals surface area contributed by atoms with Gasteiger partial charge >= 0.3 is 12.0 Å². The molecule has 0 spiro atoms. The number of amides is 2. The molecule has 0 fully saturated rings.